The van der Waals surface area contributed by atoms with Gasteiger partial charge in [0.1, 0.15) is 12.6 Å². The Balaban J connectivity index is 2.04. The SMILES string of the molecule is CCCNC(=O)C(Cc1ccccc1)N(Cc1ccc(C)cc1)C(=O)CN(c1ccc(C)c(C)c1)S(C)(=O)=O. The molecule has 0 spiro atoms. The molecule has 39 heavy (non-hydrogen) atoms. The summed E-state index contributed by atoms with van der Waals surface area (Å²) >= 11 is 0. The minimum Gasteiger partial charge on any atom is -0.354 e. The third-order valence-corrected chi connectivity index (χ3v) is 7.89. The molecule has 8 heteroatoms. The Bertz CT molecular complexity index is 1370. The minimum atomic E-state index is -3.79. The maximum absolute atomic E-state index is 14.0. The van der Waals surface area contributed by atoms with Crippen molar-refractivity contribution in [3.05, 3.63) is 101 Å². The van der Waals surface area contributed by atoms with Crippen LogP contribution in [0.1, 0.15) is 41.2 Å². The number of sulfonamides is 1. The van der Waals surface area contributed by atoms with E-state index < -0.39 is 28.5 Å². The van der Waals surface area contributed by atoms with E-state index in [4.69, 9.17) is 0 Å². The van der Waals surface area contributed by atoms with E-state index in [2.05, 4.69) is 5.32 Å². The highest BCUT2D eigenvalue weighted by Gasteiger charge is 2.33. The average molecular weight is 550 g/mol. The maximum Gasteiger partial charge on any atom is 0.244 e. The molecule has 3 rings (SSSR count). The van der Waals surface area contributed by atoms with Crippen LogP contribution in [0.15, 0.2) is 72.8 Å². The second-order valence-electron chi connectivity index (χ2n) is 10.0. The zero-order valence-corrected chi connectivity index (χ0v) is 24.3. The molecule has 3 aromatic rings. The summed E-state index contributed by atoms with van der Waals surface area (Å²) in [5.41, 5.74) is 5.20. The Morgan fingerprint density at radius 2 is 1.54 bits per heavy atom. The van der Waals surface area contributed by atoms with Gasteiger partial charge in [-0.1, -0.05) is 73.2 Å². The molecule has 1 atom stereocenters. The highest BCUT2D eigenvalue weighted by atomic mass is 32.2. The van der Waals surface area contributed by atoms with Crippen LogP contribution in [0.25, 0.3) is 0 Å². The lowest BCUT2D eigenvalue weighted by molar-refractivity contribution is -0.140. The van der Waals surface area contributed by atoms with Crippen molar-refractivity contribution in [3.63, 3.8) is 0 Å². The molecule has 0 aliphatic carbocycles. The van der Waals surface area contributed by atoms with Gasteiger partial charge in [-0.3, -0.25) is 13.9 Å². The molecule has 2 amide bonds. The molecular formula is C31H39N3O4S. The van der Waals surface area contributed by atoms with Gasteiger partial charge >= 0.3 is 0 Å². The van der Waals surface area contributed by atoms with E-state index in [-0.39, 0.29) is 12.5 Å². The lowest BCUT2D eigenvalue weighted by Crippen LogP contribution is -2.53. The summed E-state index contributed by atoms with van der Waals surface area (Å²) < 4.78 is 26.9. The van der Waals surface area contributed by atoms with Gasteiger partial charge in [0.15, 0.2) is 0 Å². The quantitative estimate of drug-likeness (QED) is 0.359. The topological polar surface area (TPSA) is 86.8 Å². The van der Waals surface area contributed by atoms with Gasteiger partial charge in [0.25, 0.3) is 0 Å². The average Bonchev–Trinajstić information content (AvgIpc) is 2.90. The van der Waals surface area contributed by atoms with Crippen LogP contribution < -0.4 is 9.62 Å². The molecule has 0 saturated heterocycles. The number of benzene rings is 3. The first-order chi connectivity index (χ1) is 18.5. The third kappa shape index (κ3) is 8.42. The number of hydrogen-bond acceptors (Lipinski definition) is 4. The molecule has 0 fully saturated rings. The van der Waals surface area contributed by atoms with Crippen LogP contribution in [0, 0.1) is 20.8 Å². The Morgan fingerprint density at radius 3 is 2.13 bits per heavy atom. The van der Waals surface area contributed by atoms with Crippen molar-refractivity contribution < 1.29 is 18.0 Å². The number of hydrogen-bond donors (Lipinski definition) is 1. The number of nitrogens with one attached hydrogen (secondary N) is 1. The highest BCUT2D eigenvalue weighted by Crippen LogP contribution is 2.23. The van der Waals surface area contributed by atoms with Gasteiger partial charge in [0.2, 0.25) is 21.8 Å². The van der Waals surface area contributed by atoms with E-state index in [1.165, 1.54) is 4.90 Å². The van der Waals surface area contributed by atoms with Crippen LogP contribution in [-0.2, 0) is 32.6 Å². The highest BCUT2D eigenvalue weighted by molar-refractivity contribution is 7.92. The molecule has 1 unspecified atom stereocenters. The predicted octanol–water partition coefficient (Wildman–Crippen LogP) is 4.54. The van der Waals surface area contributed by atoms with E-state index in [1.807, 2.05) is 88.4 Å². The van der Waals surface area contributed by atoms with Crippen LogP contribution in [0.2, 0.25) is 0 Å². The Morgan fingerprint density at radius 1 is 0.872 bits per heavy atom. The fourth-order valence-electron chi connectivity index (χ4n) is 4.30. The van der Waals surface area contributed by atoms with Gasteiger partial charge in [-0.2, -0.15) is 0 Å². The summed E-state index contributed by atoms with van der Waals surface area (Å²) in [5.74, 6) is -0.718. The Kier molecular flexibility index (Phi) is 10.3. The first kappa shape index (κ1) is 29.9. The summed E-state index contributed by atoms with van der Waals surface area (Å²) in [7, 11) is -3.79. The first-order valence-corrected chi connectivity index (χ1v) is 15.1. The molecule has 3 aromatic carbocycles. The summed E-state index contributed by atoms with van der Waals surface area (Å²) in [6, 6.07) is 21.8. The van der Waals surface area contributed by atoms with Crippen LogP contribution in [0.5, 0.6) is 0 Å². The van der Waals surface area contributed by atoms with Gasteiger partial charge in [-0.15, -0.1) is 0 Å². The van der Waals surface area contributed by atoms with Crippen molar-refractivity contribution in [2.75, 3.05) is 23.7 Å². The van der Waals surface area contributed by atoms with E-state index in [0.29, 0.717) is 18.7 Å². The van der Waals surface area contributed by atoms with Crippen molar-refractivity contribution in [2.45, 2.75) is 53.1 Å². The first-order valence-electron chi connectivity index (χ1n) is 13.2. The minimum absolute atomic E-state index is 0.167. The molecule has 0 radical (unpaired) electrons. The van der Waals surface area contributed by atoms with Crippen molar-refractivity contribution in [1.82, 2.24) is 10.2 Å². The number of nitrogens with zero attached hydrogens (tertiary/aromatic N) is 2. The number of amides is 2. The van der Waals surface area contributed by atoms with Crippen LogP contribution in [-0.4, -0.2) is 50.5 Å². The Hall–Kier alpha value is -3.65. The summed E-state index contributed by atoms with van der Waals surface area (Å²) in [6.07, 6.45) is 2.15. The summed E-state index contributed by atoms with van der Waals surface area (Å²) in [6.45, 7) is 8.03. The largest absolute Gasteiger partial charge is 0.354 e. The molecule has 0 heterocycles. The van der Waals surface area contributed by atoms with Gasteiger partial charge in [-0.25, -0.2) is 8.42 Å². The van der Waals surface area contributed by atoms with Crippen LogP contribution in [0.3, 0.4) is 0 Å². The molecule has 0 bridgehead atoms. The number of carbonyl (C=O) groups is 2. The molecule has 0 saturated carbocycles. The fourth-order valence-corrected chi connectivity index (χ4v) is 5.15. The molecule has 1 N–H and O–H groups in total. The monoisotopic (exact) mass is 549 g/mol. The predicted molar refractivity (Wildman–Crippen MR) is 157 cm³/mol. The standard InChI is InChI=1S/C31H39N3O4S/c1-6-18-32-31(36)29(20-26-10-8-7-9-11-26)33(21-27-15-12-23(2)13-16-27)30(35)22-34(39(5,37)38)28-17-14-24(3)25(4)19-28/h7-17,19,29H,6,18,20-22H2,1-5H3,(H,32,36). The van der Waals surface area contributed by atoms with Gasteiger partial charge in [0.05, 0.1) is 11.9 Å². The summed E-state index contributed by atoms with van der Waals surface area (Å²) in [4.78, 5) is 29.1. The zero-order valence-electron chi connectivity index (χ0n) is 23.5. The van der Waals surface area contributed by atoms with Crippen molar-refractivity contribution in [3.8, 4) is 0 Å². The third-order valence-electron chi connectivity index (χ3n) is 6.75. The molecule has 7 nitrogen and oxygen atoms in total. The van der Waals surface area contributed by atoms with Gasteiger partial charge in [0, 0.05) is 19.5 Å². The number of anilines is 1. The van der Waals surface area contributed by atoms with Crippen molar-refractivity contribution in [1.29, 1.82) is 0 Å². The van der Waals surface area contributed by atoms with Crippen molar-refractivity contribution in [2.24, 2.45) is 0 Å². The lowest BCUT2D eigenvalue weighted by atomic mass is 10.0. The van der Waals surface area contributed by atoms with Gasteiger partial charge in [-0.05, 0) is 61.6 Å². The molecule has 0 aliphatic rings. The molecule has 208 valence electrons. The fraction of sp³-hybridized carbons (Fsp3) is 0.355. The van der Waals surface area contributed by atoms with Crippen LogP contribution in [0.4, 0.5) is 5.69 Å². The maximum atomic E-state index is 14.0. The number of aryl methyl sites for hydroxylation is 3. The van der Waals surface area contributed by atoms with Gasteiger partial charge < -0.3 is 10.2 Å². The number of rotatable bonds is 12. The van der Waals surface area contributed by atoms with E-state index in [1.54, 1.807) is 12.1 Å². The molecule has 0 aliphatic heterocycles. The summed E-state index contributed by atoms with van der Waals surface area (Å²) in [5, 5.41) is 2.95. The zero-order chi connectivity index (χ0) is 28.6. The van der Waals surface area contributed by atoms with E-state index in [9.17, 15) is 18.0 Å². The molecule has 0 aromatic heterocycles. The van der Waals surface area contributed by atoms with E-state index >= 15 is 0 Å². The van der Waals surface area contributed by atoms with E-state index in [0.717, 1.165) is 44.8 Å². The van der Waals surface area contributed by atoms with Crippen LogP contribution >= 0.6 is 0 Å². The second kappa shape index (κ2) is 13.4. The number of carbonyl (C=O) groups excluding carboxylic acids is 2. The second-order valence-corrected chi connectivity index (χ2v) is 11.9. The lowest BCUT2D eigenvalue weighted by Gasteiger charge is -2.33. The molecular weight excluding hydrogens is 510 g/mol. The normalized spacial score (nSPS) is 12.0. The van der Waals surface area contributed by atoms with Crippen molar-refractivity contribution >= 4 is 27.5 Å². The Labute approximate surface area is 232 Å². The smallest absolute Gasteiger partial charge is 0.244 e.